The Morgan fingerprint density at radius 3 is 2.11 bits per heavy atom. The number of carbonyl (C=O) groups excluding carboxylic acids is 1. The monoisotopic (exact) mass is 273 g/mol. The molecule has 2 aromatic carbocycles. The second kappa shape index (κ2) is 5.80. The highest BCUT2D eigenvalue weighted by atomic mass is 32.2. The van der Waals surface area contributed by atoms with E-state index in [0.717, 1.165) is 10.5 Å². The maximum Gasteiger partial charge on any atom is 0.224 e. The average molecular weight is 273 g/mol. The first kappa shape index (κ1) is 12.8. The number of thiocarbonyl (C=S) groups is 1. The number of hydrogen-bond acceptors (Lipinski definition) is 3. The molecule has 0 bridgehead atoms. The lowest BCUT2D eigenvalue weighted by atomic mass is 10.2. The molecule has 0 amide bonds. The number of thioether (sulfide) groups is 1. The molecule has 2 rings (SSSR count). The number of benzene rings is 2. The van der Waals surface area contributed by atoms with E-state index in [9.17, 15) is 4.79 Å². The predicted octanol–water partition coefficient (Wildman–Crippen LogP) is 3.25. The van der Waals surface area contributed by atoms with Crippen LogP contribution in [0.15, 0.2) is 59.5 Å². The molecule has 18 heavy (non-hydrogen) atoms. The summed E-state index contributed by atoms with van der Waals surface area (Å²) in [5, 5.41) is 0.0266. The third-order valence-corrected chi connectivity index (χ3v) is 3.52. The van der Waals surface area contributed by atoms with Crippen LogP contribution in [0.2, 0.25) is 0 Å². The van der Waals surface area contributed by atoms with Gasteiger partial charge in [0.1, 0.15) is 4.99 Å². The molecule has 0 saturated carbocycles. The van der Waals surface area contributed by atoms with E-state index in [1.165, 1.54) is 11.8 Å². The van der Waals surface area contributed by atoms with Crippen molar-refractivity contribution >= 4 is 34.1 Å². The molecule has 0 heterocycles. The second-order valence-electron chi connectivity index (χ2n) is 3.64. The summed E-state index contributed by atoms with van der Waals surface area (Å²) in [6.07, 6.45) is 0. The largest absolute Gasteiger partial charge is 0.389 e. The molecule has 4 heteroatoms. The summed E-state index contributed by atoms with van der Waals surface area (Å²) < 4.78 is 0. The van der Waals surface area contributed by atoms with Gasteiger partial charge >= 0.3 is 0 Å². The SMILES string of the molecule is NC(=S)c1ccc(SC(=O)c2ccccc2)cc1. The van der Waals surface area contributed by atoms with Gasteiger partial charge in [0.15, 0.2) is 0 Å². The number of nitrogens with two attached hydrogens (primary N) is 1. The van der Waals surface area contributed by atoms with Crippen LogP contribution in [0, 0.1) is 0 Å². The maximum absolute atomic E-state index is 11.9. The van der Waals surface area contributed by atoms with Crippen LogP contribution in [0.4, 0.5) is 0 Å². The zero-order valence-electron chi connectivity index (χ0n) is 9.50. The summed E-state index contributed by atoms with van der Waals surface area (Å²) in [7, 11) is 0. The van der Waals surface area contributed by atoms with Crippen molar-refractivity contribution in [2.45, 2.75) is 4.90 Å². The molecule has 0 fully saturated rings. The van der Waals surface area contributed by atoms with Crippen molar-refractivity contribution in [2.24, 2.45) is 5.73 Å². The van der Waals surface area contributed by atoms with E-state index in [4.69, 9.17) is 18.0 Å². The summed E-state index contributed by atoms with van der Waals surface area (Å²) in [6, 6.07) is 16.5. The quantitative estimate of drug-likeness (QED) is 0.688. The highest BCUT2D eigenvalue weighted by Gasteiger charge is 2.07. The highest BCUT2D eigenvalue weighted by molar-refractivity contribution is 8.14. The Morgan fingerprint density at radius 1 is 0.944 bits per heavy atom. The lowest BCUT2D eigenvalue weighted by Gasteiger charge is -2.02. The van der Waals surface area contributed by atoms with Crippen LogP contribution in [0.25, 0.3) is 0 Å². The minimum atomic E-state index is 0.0266. The molecule has 90 valence electrons. The van der Waals surface area contributed by atoms with Crippen molar-refractivity contribution in [3.8, 4) is 0 Å². The van der Waals surface area contributed by atoms with Crippen molar-refractivity contribution < 1.29 is 4.79 Å². The van der Waals surface area contributed by atoms with Crippen LogP contribution in [0.3, 0.4) is 0 Å². The van der Waals surface area contributed by atoms with Gasteiger partial charge in [0.2, 0.25) is 5.12 Å². The van der Waals surface area contributed by atoms with Gasteiger partial charge in [0.05, 0.1) is 0 Å². The third-order valence-electron chi connectivity index (χ3n) is 2.36. The molecule has 0 aromatic heterocycles. The molecule has 2 N–H and O–H groups in total. The molecule has 0 aliphatic heterocycles. The van der Waals surface area contributed by atoms with Gasteiger partial charge in [-0.3, -0.25) is 4.79 Å². The molecule has 0 unspecified atom stereocenters. The van der Waals surface area contributed by atoms with Crippen molar-refractivity contribution in [3.05, 3.63) is 65.7 Å². The fraction of sp³-hybridized carbons (Fsp3) is 0. The second-order valence-corrected chi connectivity index (χ2v) is 5.13. The van der Waals surface area contributed by atoms with Gasteiger partial charge < -0.3 is 5.73 Å². The van der Waals surface area contributed by atoms with Gasteiger partial charge in [0.25, 0.3) is 0 Å². The first-order chi connectivity index (χ1) is 8.66. The van der Waals surface area contributed by atoms with Gasteiger partial charge in [-0.1, -0.05) is 54.7 Å². The molecule has 0 spiro atoms. The van der Waals surface area contributed by atoms with E-state index < -0.39 is 0 Å². The Hall–Kier alpha value is -1.65. The van der Waals surface area contributed by atoms with E-state index in [-0.39, 0.29) is 5.12 Å². The fourth-order valence-electron chi connectivity index (χ4n) is 1.43. The summed E-state index contributed by atoms with van der Waals surface area (Å²) >= 11 is 6.07. The summed E-state index contributed by atoms with van der Waals surface area (Å²) in [5.41, 5.74) is 7.02. The Morgan fingerprint density at radius 2 is 1.56 bits per heavy atom. The van der Waals surface area contributed by atoms with Gasteiger partial charge in [-0.15, -0.1) is 0 Å². The maximum atomic E-state index is 11.9. The predicted molar refractivity (Wildman–Crippen MR) is 79.0 cm³/mol. The van der Waals surface area contributed by atoms with Crippen molar-refractivity contribution in [2.75, 3.05) is 0 Å². The number of rotatable bonds is 3. The molecule has 0 radical (unpaired) electrons. The van der Waals surface area contributed by atoms with Gasteiger partial charge in [-0.25, -0.2) is 0 Å². The molecule has 0 saturated heterocycles. The molecular formula is C14H11NOS2. The topological polar surface area (TPSA) is 43.1 Å². The lowest BCUT2D eigenvalue weighted by molar-refractivity contribution is 0.108. The van der Waals surface area contributed by atoms with Crippen molar-refractivity contribution in [1.29, 1.82) is 0 Å². The van der Waals surface area contributed by atoms with Crippen LogP contribution in [0.5, 0.6) is 0 Å². The first-order valence-corrected chi connectivity index (χ1v) is 6.56. The van der Waals surface area contributed by atoms with E-state index in [2.05, 4.69) is 0 Å². The smallest absolute Gasteiger partial charge is 0.224 e. The molecular weight excluding hydrogens is 262 g/mol. The zero-order chi connectivity index (χ0) is 13.0. The fourth-order valence-corrected chi connectivity index (χ4v) is 2.30. The standard InChI is InChI=1S/C14H11NOS2/c15-13(17)10-6-8-12(9-7-10)18-14(16)11-4-2-1-3-5-11/h1-9H,(H2,15,17). The number of hydrogen-bond donors (Lipinski definition) is 1. The van der Waals surface area contributed by atoms with E-state index in [1.54, 1.807) is 12.1 Å². The molecule has 0 atom stereocenters. The van der Waals surface area contributed by atoms with Gasteiger partial charge in [-0.2, -0.15) is 0 Å². The number of carbonyl (C=O) groups is 1. The zero-order valence-corrected chi connectivity index (χ0v) is 11.1. The van der Waals surface area contributed by atoms with E-state index >= 15 is 0 Å². The van der Waals surface area contributed by atoms with Gasteiger partial charge in [-0.05, 0) is 23.9 Å². The van der Waals surface area contributed by atoms with Crippen LogP contribution in [-0.4, -0.2) is 10.1 Å². The highest BCUT2D eigenvalue weighted by Crippen LogP contribution is 2.23. The summed E-state index contributed by atoms with van der Waals surface area (Å²) in [4.78, 5) is 13.2. The molecule has 2 aromatic rings. The lowest BCUT2D eigenvalue weighted by Crippen LogP contribution is -2.08. The Kier molecular flexibility index (Phi) is 4.12. The van der Waals surface area contributed by atoms with Crippen LogP contribution in [-0.2, 0) is 0 Å². The van der Waals surface area contributed by atoms with Crippen molar-refractivity contribution in [1.82, 2.24) is 0 Å². The normalized spacial score (nSPS) is 10.0. The van der Waals surface area contributed by atoms with Crippen LogP contribution >= 0.6 is 24.0 Å². The average Bonchev–Trinajstić information content (AvgIpc) is 2.40. The van der Waals surface area contributed by atoms with Crippen LogP contribution in [0.1, 0.15) is 15.9 Å². The minimum Gasteiger partial charge on any atom is -0.389 e. The Bertz CT molecular complexity index is 564. The summed E-state index contributed by atoms with van der Waals surface area (Å²) in [6.45, 7) is 0. The van der Waals surface area contributed by atoms with Crippen molar-refractivity contribution in [3.63, 3.8) is 0 Å². The molecule has 2 nitrogen and oxygen atoms in total. The summed E-state index contributed by atoms with van der Waals surface area (Å²) in [5.74, 6) is 0. The van der Waals surface area contributed by atoms with E-state index in [0.29, 0.717) is 10.6 Å². The van der Waals surface area contributed by atoms with Gasteiger partial charge in [0, 0.05) is 16.0 Å². The van der Waals surface area contributed by atoms with E-state index in [1.807, 2.05) is 42.5 Å². The van der Waals surface area contributed by atoms with Crippen LogP contribution < -0.4 is 5.73 Å². The molecule has 0 aliphatic carbocycles. The minimum absolute atomic E-state index is 0.0266. The third kappa shape index (κ3) is 3.18. The first-order valence-electron chi connectivity index (χ1n) is 5.34. The molecule has 0 aliphatic rings. The Balaban J connectivity index is 2.10. The Labute approximate surface area is 115 Å².